The summed E-state index contributed by atoms with van der Waals surface area (Å²) < 4.78 is 42.7. The number of aliphatic carboxylic acids is 1. The Kier molecular flexibility index (Phi) is 28.2. The number of carboxylic acids is 1. The van der Waals surface area contributed by atoms with E-state index >= 15 is 0 Å². The summed E-state index contributed by atoms with van der Waals surface area (Å²) in [6.07, 6.45) is 1.69. The molecule has 0 aliphatic carbocycles. The lowest BCUT2D eigenvalue weighted by atomic mass is 10.3. The van der Waals surface area contributed by atoms with Crippen LogP contribution in [0.25, 0.3) is 0 Å². The highest BCUT2D eigenvalue weighted by Gasteiger charge is 2.04. The average Bonchev–Trinajstić information content (AvgIpc) is 2.89. The Bertz CT molecular complexity index is 564. The number of esters is 1. The van der Waals surface area contributed by atoms with E-state index in [0.29, 0.717) is 112 Å². The van der Waals surface area contributed by atoms with Crippen LogP contribution in [-0.2, 0) is 52.3 Å². The summed E-state index contributed by atoms with van der Waals surface area (Å²) in [5.41, 5.74) is 0. The molecule has 0 heterocycles. The summed E-state index contributed by atoms with van der Waals surface area (Å²) >= 11 is 0. The molecule has 224 valence electrons. The van der Waals surface area contributed by atoms with E-state index in [1.54, 1.807) is 0 Å². The summed E-state index contributed by atoms with van der Waals surface area (Å²) in [7, 11) is 0. The molecule has 13 nitrogen and oxygen atoms in total. The lowest BCUT2D eigenvalue weighted by Crippen LogP contribution is -2.25. The maximum absolute atomic E-state index is 11.3. The van der Waals surface area contributed by atoms with Crippen molar-refractivity contribution in [2.24, 2.45) is 0 Å². The average molecular weight is 554 g/mol. The molecule has 0 aliphatic heterocycles. The first kappa shape index (κ1) is 36.1. The van der Waals surface area contributed by atoms with Gasteiger partial charge in [0.05, 0.1) is 92.3 Å². The fraction of sp³-hybridized carbons (Fsp3) is 0.880. The van der Waals surface area contributed by atoms with Gasteiger partial charge in [-0.05, 0) is 12.8 Å². The Morgan fingerprint density at radius 2 is 0.947 bits per heavy atom. The SMILES string of the molecule is CCCC(=O)OCCOCCOCCOCCOCCOCCOCCOCCCNC(=O)CCC(=O)O. The van der Waals surface area contributed by atoms with Crippen LogP contribution >= 0.6 is 0 Å². The van der Waals surface area contributed by atoms with Gasteiger partial charge >= 0.3 is 11.9 Å². The van der Waals surface area contributed by atoms with Crippen molar-refractivity contribution in [3.8, 4) is 0 Å². The zero-order valence-electron chi connectivity index (χ0n) is 22.8. The number of carboxylic acid groups (broad SMARTS) is 1. The number of hydrogen-bond donors (Lipinski definition) is 2. The van der Waals surface area contributed by atoms with Crippen molar-refractivity contribution in [1.82, 2.24) is 5.32 Å². The maximum Gasteiger partial charge on any atom is 0.305 e. The van der Waals surface area contributed by atoms with Crippen molar-refractivity contribution < 1.29 is 57.4 Å². The van der Waals surface area contributed by atoms with Crippen LogP contribution in [0.5, 0.6) is 0 Å². The monoisotopic (exact) mass is 553 g/mol. The predicted octanol–water partition coefficient (Wildman–Crippen LogP) is 0.817. The number of carbonyl (C=O) groups is 3. The number of carbonyl (C=O) groups excluding carboxylic acids is 2. The van der Waals surface area contributed by atoms with Crippen molar-refractivity contribution in [3.05, 3.63) is 0 Å². The molecule has 0 bridgehead atoms. The fourth-order valence-electron chi connectivity index (χ4n) is 2.62. The second kappa shape index (κ2) is 29.7. The first-order valence-corrected chi connectivity index (χ1v) is 13.2. The Hall–Kier alpha value is -1.87. The van der Waals surface area contributed by atoms with E-state index in [9.17, 15) is 14.4 Å². The van der Waals surface area contributed by atoms with Gasteiger partial charge in [0.15, 0.2) is 0 Å². The molecular formula is C25H47NO12. The molecule has 0 spiro atoms. The van der Waals surface area contributed by atoms with Gasteiger partial charge in [0, 0.05) is 26.0 Å². The van der Waals surface area contributed by atoms with E-state index in [0.717, 1.165) is 6.42 Å². The molecule has 0 aromatic rings. The van der Waals surface area contributed by atoms with E-state index in [4.69, 9.17) is 43.0 Å². The molecule has 0 radical (unpaired) electrons. The molecule has 0 rings (SSSR count). The van der Waals surface area contributed by atoms with Gasteiger partial charge in [0.25, 0.3) is 0 Å². The zero-order chi connectivity index (χ0) is 27.9. The summed E-state index contributed by atoms with van der Waals surface area (Å²) in [6, 6.07) is 0. The van der Waals surface area contributed by atoms with Crippen molar-refractivity contribution in [1.29, 1.82) is 0 Å². The first-order valence-electron chi connectivity index (χ1n) is 13.2. The molecule has 0 saturated carbocycles. The maximum atomic E-state index is 11.3. The molecule has 1 amide bonds. The topological polar surface area (TPSA) is 157 Å². The van der Waals surface area contributed by atoms with Crippen molar-refractivity contribution in [2.75, 3.05) is 106 Å². The van der Waals surface area contributed by atoms with Crippen molar-refractivity contribution >= 4 is 17.8 Å². The Morgan fingerprint density at radius 1 is 0.553 bits per heavy atom. The van der Waals surface area contributed by atoms with Gasteiger partial charge in [0.1, 0.15) is 6.61 Å². The second-order valence-corrected chi connectivity index (χ2v) is 7.85. The standard InChI is InChI=1S/C25H47NO12/c1-2-4-25(30)38-22-21-37-20-19-36-18-17-35-16-15-34-14-13-33-12-11-32-10-9-31-8-3-7-26-23(27)5-6-24(28)29/h2-22H2,1H3,(H,26,27)(H,28,29). The highest BCUT2D eigenvalue weighted by atomic mass is 16.6. The number of hydrogen-bond acceptors (Lipinski definition) is 11. The third-order valence-corrected chi connectivity index (χ3v) is 4.53. The van der Waals surface area contributed by atoms with Crippen LogP contribution in [0.3, 0.4) is 0 Å². The molecule has 0 unspecified atom stereocenters. The van der Waals surface area contributed by atoms with Crippen LogP contribution < -0.4 is 5.32 Å². The molecule has 0 fully saturated rings. The Morgan fingerprint density at radius 3 is 1.34 bits per heavy atom. The van der Waals surface area contributed by atoms with Crippen LogP contribution in [0.2, 0.25) is 0 Å². The van der Waals surface area contributed by atoms with Crippen LogP contribution in [0.15, 0.2) is 0 Å². The lowest BCUT2D eigenvalue weighted by Gasteiger charge is -2.09. The molecule has 13 heteroatoms. The van der Waals surface area contributed by atoms with Gasteiger partial charge < -0.3 is 48.3 Å². The van der Waals surface area contributed by atoms with E-state index in [2.05, 4.69) is 5.32 Å². The first-order chi connectivity index (χ1) is 18.6. The summed E-state index contributed by atoms with van der Waals surface area (Å²) in [5, 5.41) is 11.1. The van der Waals surface area contributed by atoms with E-state index in [1.807, 2.05) is 6.92 Å². The highest BCUT2D eigenvalue weighted by molar-refractivity contribution is 5.80. The molecular weight excluding hydrogens is 506 g/mol. The van der Waals surface area contributed by atoms with E-state index in [-0.39, 0.29) is 31.3 Å². The molecule has 0 atom stereocenters. The van der Waals surface area contributed by atoms with Gasteiger partial charge in [-0.2, -0.15) is 0 Å². The molecule has 0 aliphatic rings. The lowest BCUT2D eigenvalue weighted by molar-refractivity contribution is -0.145. The van der Waals surface area contributed by atoms with Crippen LogP contribution in [-0.4, -0.2) is 129 Å². The second-order valence-electron chi connectivity index (χ2n) is 7.85. The zero-order valence-corrected chi connectivity index (χ0v) is 22.8. The molecule has 2 N–H and O–H groups in total. The van der Waals surface area contributed by atoms with Gasteiger partial charge in [-0.3, -0.25) is 14.4 Å². The Balaban J connectivity index is 3.11. The van der Waals surface area contributed by atoms with E-state index in [1.165, 1.54) is 0 Å². The van der Waals surface area contributed by atoms with Crippen LogP contribution in [0.4, 0.5) is 0 Å². The van der Waals surface area contributed by atoms with Gasteiger partial charge in [-0.25, -0.2) is 0 Å². The number of ether oxygens (including phenoxy) is 8. The Labute approximate surface area is 225 Å². The van der Waals surface area contributed by atoms with Crippen LogP contribution in [0.1, 0.15) is 39.0 Å². The minimum atomic E-state index is -0.984. The minimum absolute atomic E-state index is 0.0101. The minimum Gasteiger partial charge on any atom is -0.481 e. The molecule has 0 saturated heterocycles. The third kappa shape index (κ3) is 30.4. The smallest absolute Gasteiger partial charge is 0.305 e. The van der Waals surface area contributed by atoms with Gasteiger partial charge in [-0.15, -0.1) is 0 Å². The molecule has 38 heavy (non-hydrogen) atoms. The summed E-state index contributed by atoms with van der Waals surface area (Å²) in [5.74, 6) is -1.45. The normalized spacial score (nSPS) is 11.0. The van der Waals surface area contributed by atoms with Gasteiger partial charge in [0.2, 0.25) is 5.91 Å². The largest absolute Gasteiger partial charge is 0.481 e. The molecule has 0 aromatic heterocycles. The van der Waals surface area contributed by atoms with Crippen LogP contribution in [0, 0.1) is 0 Å². The quantitative estimate of drug-likeness (QED) is 0.0954. The highest BCUT2D eigenvalue weighted by Crippen LogP contribution is 1.92. The van der Waals surface area contributed by atoms with E-state index < -0.39 is 5.97 Å². The third-order valence-electron chi connectivity index (χ3n) is 4.53. The number of amides is 1. The fourth-order valence-corrected chi connectivity index (χ4v) is 2.62. The predicted molar refractivity (Wildman–Crippen MR) is 136 cm³/mol. The summed E-state index contributed by atoms with van der Waals surface area (Å²) in [6.45, 7) is 9.06. The molecule has 0 aromatic carbocycles. The number of nitrogens with one attached hydrogen (secondary N) is 1. The van der Waals surface area contributed by atoms with Crippen molar-refractivity contribution in [2.45, 2.75) is 39.0 Å². The number of rotatable bonds is 30. The summed E-state index contributed by atoms with van der Waals surface area (Å²) in [4.78, 5) is 32.8. The van der Waals surface area contributed by atoms with Crippen molar-refractivity contribution in [3.63, 3.8) is 0 Å². The van der Waals surface area contributed by atoms with Gasteiger partial charge in [-0.1, -0.05) is 6.92 Å².